The minimum absolute atomic E-state index is 0.303. The zero-order valence-electron chi connectivity index (χ0n) is 6.57. The van der Waals surface area contributed by atoms with E-state index in [1.807, 2.05) is 24.2 Å². The fourth-order valence-electron chi connectivity index (χ4n) is 1.13. The van der Waals surface area contributed by atoms with Crippen LogP contribution in [0.4, 0.5) is 0 Å². The molecule has 0 fully saturated rings. The van der Waals surface area contributed by atoms with Crippen molar-refractivity contribution in [2.75, 3.05) is 0 Å². The quantitative estimate of drug-likeness (QED) is 0.546. The van der Waals surface area contributed by atoms with E-state index >= 15 is 0 Å². The molecule has 0 aromatic rings. The largest absolute Gasteiger partial charge is 0.304 e. The second-order valence-corrected chi connectivity index (χ2v) is 2.71. The average molecular weight is 150 g/mol. The first-order chi connectivity index (χ1) is 5.29. The molecule has 0 aromatic heterocycles. The Bertz CT molecular complexity index is 264. The fourth-order valence-corrected chi connectivity index (χ4v) is 1.13. The Morgan fingerprint density at radius 2 is 2.36 bits per heavy atom. The number of nitrogens with one attached hydrogen (secondary N) is 1. The predicted octanol–water partition coefficient (Wildman–Crippen LogP) is 0.497. The van der Waals surface area contributed by atoms with Gasteiger partial charge in [0, 0.05) is 12.3 Å². The summed E-state index contributed by atoms with van der Waals surface area (Å²) in [5.74, 6) is 0.892. The van der Waals surface area contributed by atoms with E-state index in [0.717, 1.165) is 11.5 Å². The van der Waals surface area contributed by atoms with Gasteiger partial charge in [-0.15, -0.1) is 5.10 Å². The fraction of sp³-hybridized carbons (Fsp3) is 0.429. The maximum atomic E-state index is 4.03. The van der Waals surface area contributed by atoms with Gasteiger partial charge in [-0.1, -0.05) is 0 Å². The van der Waals surface area contributed by atoms with Crippen LogP contribution in [0.1, 0.15) is 13.8 Å². The summed E-state index contributed by atoms with van der Waals surface area (Å²) in [6.45, 7) is 4.07. The van der Waals surface area contributed by atoms with Gasteiger partial charge in [0.15, 0.2) is 5.84 Å². The molecule has 58 valence electrons. The van der Waals surface area contributed by atoms with Gasteiger partial charge >= 0.3 is 0 Å². The molecule has 11 heavy (non-hydrogen) atoms. The lowest BCUT2D eigenvalue weighted by Crippen LogP contribution is -2.46. The Kier molecular flexibility index (Phi) is 1.21. The van der Waals surface area contributed by atoms with Gasteiger partial charge in [-0.2, -0.15) is 5.10 Å². The lowest BCUT2D eigenvalue weighted by molar-refractivity contribution is 0.340. The number of hydrazine groups is 1. The number of nitrogens with zero attached hydrogens (tertiary/aromatic N) is 3. The van der Waals surface area contributed by atoms with Crippen LogP contribution in [-0.4, -0.2) is 22.6 Å². The van der Waals surface area contributed by atoms with Gasteiger partial charge in [0.2, 0.25) is 0 Å². The second kappa shape index (κ2) is 2.08. The van der Waals surface area contributed by atoms with Crippen molar-refractivity contribution in [1.82, 2.24) is 10.4 Å². The molecule has 2 heterocycles. The van der Waals surface area contributed by atoms with Crippen LogP contribution >= 0.6 is 0 Å². The van der Waals surface area contributed by atoms with E-state index in [9.17, 15) is 0 Å². The summed E-state index contributed by atoms with van der Waals surface area (Å²) < 4.78 is 0. The summed E-state index contributed by atoms with van der Waals surface area (Å²) in [7, 11) is 0. The van der Waals surface area contributed by atoms with Crippen molar-refractivity contribution in [3.8, 4) is 0 Å². The number of hydrogen-bond donors (Lipinski definition) is 1. The van der Waals surface area contributed by atoms with Gasteiger partial charge in [0.25, 0.3) is 0 Å². The summed E-state index contributed by atoms with van der Waals surface area (Å²) in [5.41, 5.74) is 4.11. The van der Waals surface area contributed by atoms with E-state index in [0.29, 0.717) is 6.04 Å². The highest BCUT2D eigenvalue weighted by atomic mass is 15.6. The zero-order valence-corrected chi connectivity index (χ0v) is 6.57. The topological polar surface area (TPSA) is 40.0 Å². The standard InChI is InChI=1S/C7H10N4/c1-5-6(2)11-7(10-9-5)3-4-8-11/h3-4,6,8H,1-2H3. The first-order valence-electron chi connectivity index (χ1n) is 3.63. The van der Waals surface area contributed by atoms with Gasteiger partial charge < -0.3 is 5.43 Å². The van der Waals surface area contributed by atoms with Gasteiger partial charge in [-0.3, -0.25) is 5.01 Å². The Balaban J connectivity index is 2.35. The molecule has 1 unspecified atom stereocenters. The molecule has 0 saturated carbocycles. The SMILES string of the molecule is CC1=NN=C2C=CNN2C1C. The summed E-state index contributed by atoms with van der Waals surface area (Å²) in [6, 6.07) is 0.303. The van der Waals surface area contributed by atoms with Crippen LogP contribution < -0.4 is 5.43 Å². The molecule has 0 spiro atoms. The highest BCUT2D eigenvalue weighted by Gasteiger charge is 2.24. The van der Waals surface area contributed by atoms with Crippen LogP contribution in [0.2, 0.25) is 0 Å². The van der Waals surface area contributed by atoms with E-state index in [1.54, 1.807) is 0 Å². The Morgan fingerprint density at radius 3 is 3.18 bits per heavy atom. The number of hydrogen-bond acceptors (Lipinski definition) is 4. The van der Waals surface area contributed by atoms with Crippen molar-refractivity contribution in [3.63, 3.8) is 0 Å². The van der Waals surface area contributed by atoms with Gasteiger partial charge in [0.05, 0.1) is 11.8 Å². The molecule has 1 atom stereocenters. The Morgan fingerprint density at radius 1 is 1.55 bits per heavy atom. The molecule has 1 N–H and O–H groups in total. The van der Waals surface area contributed by atoms with Crippen LogP contribution in [0, 0.1) is 0 Å². The van der Waals surface area contributed by atoms with E-state index in [-0.39, 0.29) is 0 Å². The molecule has 4 heteroatoms. The van der Waals surface area contributed by atoms with E-state index in [2.05, 4.69) is 22.6 Å². The molecule has 2 aliphatic rings. The van der Waals surface area contributed by atoms with Gasteiger partial charge in [0.1, 0.15) is 0 Å². The minimum atomic E-state index is 0.303. The van der Waals surface area contributed by atoms with Gasteiger partial charge in [-0.25, -0.2) is 0 Å². The van der Waals surface area contributed by atoms with Crippen molar-refractivity contribution in [2.45, 2.75) is 19.9 Å². The van der Waals surface area contributed by atoms with Crippen LogP contribution in [0.5, 0.6) is 0 Å². The molecule has 0 aromatic carbocycles. The zero-order chi connectivity index (χ0) is 7.84. The summed E-state index contributed by atoms with van der Waals surface area (Å²) >= 11 is 0. The number of fused-ring (bicyclic) bond motifs is 1. The van der Waals surface area contributed by atoms with Gasteiger partial charge in [-0.05, 0) is 13.8 Å². The molecule has 0 bridgehead atoms. The maximum absolute atomic E-state index is 4.03. The van der Waals surface area contributed by atoms with Crippen molar-refractivity contribution >= 4 is 11.5 Å². The van der Waals surface area contributed by atoms with Crippen molar-refractivity contribution in [1.29, 1.82) is 0 Å². The number of rotatable bonds is 0. The minimum Gasteiger partial charge on any atom is -0.304 e. The molecular formula is C7H10N4. The molecule has 4 nitrogen and oxygen atoms in total. The normalized spacial score (nSPS) is 27.5. The molecule has 2 rings (SSSR count). The van der Waals surface area contributed by atoms with Crippen LogP contribution in [0.3, 0.4) is 0 Å². The molecule has 0 aliphatic carbocycles. The first-order valence-corrected chi connectivity index (χ1v) is 3.63. The molecule has 0 radical (unpaired) electrons. The van der Waals surface area contributed by atoms with Crippen LogP contribution in [0.15, 0.2) is 22.5 Å². The predicted molar refractivity (Wildman–Crippen MR) is 44.1 cm³/mol. The lowest BCUT2D eigenvalue weighted by Gasteiger charge is -2.28. The summed E-state index contributed by atoms with van der Waals surface area (Å²) in [6.07, 6.45) is 3.77. The van der Waals surface area contributed by atoms with E-state index in [1.165, 1.54) is 0 Å². The highest BCUT2D eigenvalue weighted by Crippen LogP contribution is 2.10. The van der Waals surface area contributed by atoms with Crippen molar-refractivity contribution in [3.05, 3.63) is 12.3 Å². The average Bonchev–Trinajstić information content (AvgIpc) is 2.45. The maximum Gasteiger partial charge on any atom is 0.171 e. The summed E-state index contributed by atoms with van der Waals surface area (Å²) in [5, 5.41) is 10.0. The third-order valence-electron chi connectivity index (χ3n) is 1.99. The molecular weight excluding hydrogens is 140 g/mol. The Labute approximate surface area is 65.3 Å². The third kappa shape index (κ3) is 0.824. The number of amidine groups is 1. The van der Waals surface area contributed by atoms with E-state index in [4.69, 9.17) is 0 Å². The second-order valence-electron chi connectivity index (χ2n) is 2.71. The molecule has 0 saturated heterocycles. The monoisotopic (exact) mass is 150 g/mol. The lowest BCUT2D eigenvalue weighted by atomic mass is 10.2. The molecule has 0 amide bonds. The van der Waals surface area contributed by atoms with Crippen LogP contribution in [-0.2, 0) is 0 Å². The van der Waals surface area contributed by atoms with E-state index < -0.39 is 0 Å². The molecule has 2 aliphatic heterocycles. The Hall–Kier alpha value is -1.32. The van der Waals surface area contributed by atoms with Crippen molar-refractivity contribution in [2.24, 2.45) is 10.2 Å². The van der Waals surface area contributed by atoms with Crippen molar-refractivity contribution < 1.29 is 0 Å². The third-order valence-corrected chi connectivity index (χ3v) is 1.99. The highest BCUT2D eigenvalue weighted by molar-refractivity contribution is 6.01. The van der Waals surface area contributed by atoms with Crippen LogP contribution in [0.25, 0.3) is 0 Å². The first kappa shape index (κ1) is 6.39. The smallest absolute Gasteiger partial charge is 0.171 e. The summed E-state index contributed by atoms with van der Waals surface area (Å²) in [4.78, 5) is 0.